The molecular formula is C17H23ClN2O4S. The summed E-state index contributed by atoms with van der Waals surface area (Å²) in [4.78, 5) is 11.4. The Kier molecular flexibility index (Phi) is 5.93. The standard InChI is InChI=1S/C17H22N2O4S.ClH/c1-17(2)8-3-9-18-15(17)11-19-24(21,22)13-5-6-14-12(10-13)4-7-16(20)23-14;/h4-7,10,15,18-19H,3,8-9,11H2,1-2H3;1H. The number of hydrogen-bond acceptors (Lipinski definition) is 5. The molecule has 1 fully saturated rings. The molecule has 2 N–H and O–H groups in total. The molecule has 25 heavy (non-hydrogen) atoms. The van der Waals surface area contributed by atoms with Crippen molar-refractivity contribution >= 4 is 33.4 Å². The van der Waals surface area contributed by atoms with Gasteiger partial charge in [-0.1, -0.05) is 13.8 Å². The van der Waals surface area contributed by atoms with Crippen molar-refractivity contribution < 1.29 is 12.8 Å². The molecule has 0 saturated carbocycles. The van der Waals surface area contributed by atoms with Gasteiger partial charge in [-0.15, -0.1) is 12.4 Å². The van der Waals surface area contributed by atoms with Crippen LogP contribution in [0.25, 0.3) is 11.0 Å². The first-order valence-corrected chi connectivity index (χ1v) is 9.53. The number of sulfonamides is 1. The number of rotatable bonds is 4. The maximum absolute atomic E-state index is 12.6. The van der Waals surface area contributed by atoms with Crippen LogP contribution in [0.2, 0.25) is 0 Å². The Balaban J connectivity index is 0.00000225. The molecular weight excluding hydrogens is 364 g/mol. The van der Waals surface area contributed by atoms with Gasteiger partial charge in [0.25, 0.3) is 0 Å². The molecule has 1 aliphatic rings. The number of halogens is 1. The molecule has 1 atom stereocenters. The van der Waals surface area contributed by atoms with Crippen LogP contribution in [0.5, 0.6) is 0 Å². The lowest BCUT2D eigenvalue weighted by Gasteiger charge is -2.39. The van der Waals surface area contributed by atoms with Crippen molar-refractivity contribution in [2.75, 3.05) is 13.1 Å². The molecule has 1 saturated heterocycles. The highest BCUT2D eigenvalue weighted by molar-refractivity contribution is 7.89. The summed E-state index contributed by atoms with van der Waals surface area (Å²) in [7, 11) is -3.62. The van der Waals surface area contributed by atoms with Crippen molar-refractivity contribution in [2.24, 2.45) is 5.41 Å². The normalized spacial score (nSPS) is 20.2. The smallest absolute Gasteiger partial charge is 0.336 e. The van der Waals surface area contributed by atoms with E-state index in [9.17, 15) is 13.2 Å². The third-order valence-electron chi connectivity index (χ3n) is 4.71. The molecule has 3 rings (SSSR count). The van der Waals surface area contributed by atoms with Gasteiger partial charge in [-0.05, 0) is 49.1 Å². The fourth-order valence-corrected chi connectivity index (χ4v) is 4.19. The maximum atomic E-state index is 12.6. The summed E-state index contributed by atoms with van der Waals surface area (Å²) in [5.41, 5.74) is -0.0357. The van der Waals surface area contributed by atoms with Crippen molar-refractivity contribution in [3.8, 4) is 0 Å². The molecule has 0 radical (unpaired) electrons. The van der Waals surface area contributed by atoms with E-state index in [0.717, 1.165) is 19.4 Å². The first-order valence-electron chi connectivity index (χ1n) is 8.05. The Bertz CT molecular complexity index is 908. The second-order valence-corrected chi connectivity index (χ2v) is 8.67. The number of piperidine rings is 1. The van der Waals surface area contributed by atoms with E-state index >= 15 is 0 Å². The summed E-state index contributed by atoms with van der Waals surface area (Å²) in [6.07, 6.45) is 2.17. The van der Waals surface area contributed by atoms with Crippen molar-refractivity contribution in [3.05, 3.63) is 40.8 Å². The van der Waals surface area contributed by atoms with E-state index in [-0.39, 0.29) is 28.8 Å². The van der Waals surface area contributed by atoms with E-state index in [2.05, 4.69) is 23.9 Å². The first-order chi connectivity index (χ1) is 11.3. The van der Waals surface area contributed by atoms with Crippen molar-refractivity contribution in [1.29, 1.82) is 0 Å². The minimum absolute atomic E-state index is 0. The molecule has 138 valence electrons. The minimum atomic E-state index is -3.62. The molecule has 1 aliphatic heterocycles. The first kappa shape index (κ1) is 19.9. The number of nitrogens with one attached hydrogen (secondary N) is 2. The van der Waals surface area contributed by atoms with Crippen LogP contribution < -0.4 is 15.7 Å². The Morgan fingerprint density at radius 1 is 1.28 bits per heavy atom. The van der Waals surface area contributed by atoms with Crippen LogP contribution in [-0.2, 0) is 10.0 Å². The molecule has 1 aromatic heterocycles. The zero-order chi connectivity index (χ0) is 17.4. The molecule has 0 aliphatic carbocycles. The van der Waals surface area contributed by atoms with Crippen LogP contribution >= 0.6 is 12.4 Å². The second kappa shape index (κ2) is 7.45. The highest BCUT2D eigenvalue weighted by Crippen LogP contribution is 2.30. The van der Waals surface area contributed by atoms with Crippen molar-refractivity contribution in [1.82, 2.24) is 10.0 Å². The average molecular weight is 387 g/mol. The van der Waals surface area contributed by atoms with Gasteiger partial charge in [0.15, 0.2) is 0 Å². The van der Waals surface area contributed by atoms with Gasteiger partial charge in [0.1, 0.15) is 5.58 Å². The fourth-order valence-electron chi connectivity index (χ4n) is 3.11. The van der Waals surface area contributed by atoms with Gasteiger partial charge in [-0.3, -0.25) is 0 Å². The Labute approximate surface area is 153 Å². The summed E-state index contributed by atoms with van der Waals surface area (Å²) in [5.74, 6) is 0. The Morgan fingerprint density at radius 3 is 2.76 bits per heavy atom. The summed E-state index contributed by atoms with van der Waals surface area (Å²) in [5, 5.41) is 3.97. The van der Waals surface area contributed by atoms with Gasteiger partial charge >= 0.3 is 5.63 Å². The van der Waals surface area contributed by atoms with E-state index < -0.39 is 15.6 Å². The fraction of sp³-hybridized carbons (Fsp3) is 0.471. The van der Waals surface area contributed by atoms with Crippen molar-refractivity contribution in [3.63, 3.8) is 0 Å². The monoisotopic (exact) mass is 386 g/mol. The Morgan fingerprint density at radius 2 is 2.04 bits per heavy atom. The molecule has 2 heterocycles. The molecule has 0 spiro atoms. The van der Waals surface area contributed by atoms with Crippen LogP contribution in [0.3, 0.4) is 0 Å². The highest BCUT2D eigenvalue weighted by Gasteiger charge is 2.32. The topological polar surface area (TPSA) is 88.4 Å². The predicted molar refractivity (Wildman–Crippen MR) is 99.7 cm³/mol. The number of benzene rings is 1. The quantitative estimate of drug-likeness (QED) is 0.787. The SMILES string of the molecule is CC1(C)CCCNC1CNS(=O)(=O)c1ccc2oc(=O)ccc2c1.Cl. The molecule has 0 bridgehead atoms. The Hall–Kier alpha value is -1.41. The molecule has 2 aromatic rings. The van der Waals surface area contributed by atoms with Gasteiger partial charge in [-0.2, -0.15) is 0 Å². The van der Waals surface area contributed by atoms with E-state index in [1.165, 1.54) is 24.3 Å². The van der Waals surface area contributed by atoms with Gasteiger partial charge in [0.05, 0.1) is 4.90 Å². The van der Waals surface area contributed by atoms with Crippen LogP contribution in [0.1, 0.15) is 26.7 Å². The lowest BCUT2D eigenvalue weighted by atomic mass is 9.78. The van der Waals surface area contributed by atoms with Crippen LogP contribution in [0.15, 0.2) is 44.4 Å². The predicted octanol–water partition coefficient (Wildman–Crippen LogP) is 2.27. The van der Waals surface area contributed by atoms with E-state index in [4.69, 9.17) is 4.42 Å². The maximum Gasteiger partial charge on any atom is 0.336 e. The average Bonchev–Trinajstić information content (AvgIpc) is 2.53. The molecule has 1 unspecified atom stereocenters. The van der Waals surface area contributed by atoms with Crippen molar-refractivity contribution in [2.45, 2.75) is 37.6 Å². The molecule has 8 heteroatoms. The summed E-state index contributed by atoms with van der Waals surface area (Å²) in [6, 6.07) is 7.41. The second-order valence-electron chi connectivity index (χ2n) is 6.90. The number of fused-ring (bicyclic) bond motifs is 1. The molecule has 6 nitrogen and oxygen atoms in total. The summed E-state index contributed by atoms with van der Waals surface area (Å²) >= 11 is 0. The van der Waals surface area contributed by atoms with Crippen LogP contribution in [-0.4, -0.2) is 27.5 Å². The minimum Gasteiger partial charge on any atom is -0.423 e. The molecule has 0 amide bonds. The third kappa shape index (κ3) is 4.41. The zero-order valence-corrected chi connectivity index (χ0v) is 15.9. The van der Waals surface area contributed by atoms with Crippen LogP contribution in [0, 0.1) is 5.41 Å². The van der Waals surface area contributed by atoms with Crippen LogP contribution in [0.4, 0.5) is 0 Å². The highest BCUT2D eigenvalue weighted by atomic mass is 35.5. The van der Waals surface area contributed by atoms with E-state index in [1.807, 2.05) is 0 Å². The number of hydrogen-bond donors (Lipinski definition) is 2. The third-order valence-corrected chi connectivity index (χ3v) is 6.13. The van der Waals surface area contributed by atoms with Gasteiger partial charge in [-0.25, -0.2) is 17.9 Å². The summed E-state index contributed by atoms with van der Waals surface area (Å²) < 4.78 is 32.9. The zero-order valence-electron chi connectivity index (χ0n) is 14.2. The molecule has 1 aromatic carbocycles. The lowest BCUT2D eigenvalue weighted by Crippen LogP contribution is -2.52. The van der Waals surface area contributed by atoms with E-state index in [1.54, 1.807) is 6.07 Å². The van der Waals surface area contributed by atoms with Gasteiger partial charge < -0.3 is 9.73 Å². The van der Waals surface area contributed by atoms with E-state index in [0.29, 0.717) is 17.5 Å². The summed E-state index contributed by atoms with van der Waals surface area (Å²) in [6.45, 7) is 5.55. The largest absolute Gasteiger partial charge is 0.423 e. The lowest BCUT2D eigenvalue weighted by molar-refractivity contribution is 0.181. The van der Waals surface area contributed by atoms with Gasteiger partial charge in [0, 0.05) is 24.0 Å². The van der Waals surface area contributed by atoms with Gasteiger partial charge in [0.2, 0.25) is 10.0 Å².